The molecule has 116 valence electrons. The van der Waals surface area contributed by atoms with E-state index in [9.17, 15) is 8.78 Å². The Kier molecular flexibility index (Phi) is 5.92. The summed E-state index contributed by atoms with van der Waals surface area (Å²) in [7, 11) is 0. The van der Waals surface area contributed by atoms with Crippen LogP contribution in [-0.2, 0) is 11.3 Å². The number of aliphatic imine (C=N–C) groups is 1. The highest BCUT2D eigenvalue weighted by molar-refractivity contribution is 5.79. The topological polar surface area (TPSA) is 45.7 Å². The molecule has 4 nitrogen and oxygen atoms in total. The van der Waals surface area contributed by atoms with Gasteiger partial charge in [0.25, 0.3) is 0 Å². The number of guanidine groups is 1. The van der Waals surface area contributed by atoms with Crippen molar-refractivity contribution >= 4 is 5.96 Å². The van der Waals surface area contributed by atoms with Gasteiger partial charge < -0.3 is 15.4 Å². The minimum Gasteiger partial charge on any atom is -0.376 e. The van der Waals surface area contributed by atoms with Crippen LogP contribution in [0.15, 0.2) is 23.2 Å². The van der Waals surface area contributed by atoms with Crippen molar-refractivity contribution in [3.63, 3.8) is 0 Å². The van der Waals surface area contributed by atoms with E-state index in [-0.39, 0.29) is 18.2 Å². The summed E-state index contributed by atoms with van der Waals surface area (Å²) < 4.78 is 32.2. The number of benzene rings is 1. The van der Waals surface area contributed by atoms with Gasteiger partial charge in [0.15, 0.2) is 5.96 Å². The van der Waals surface area contributed by atoms with Crippen LogP contribution in [0.1, 0.15) is 25.3 Å². The highest BCUT2D eigenvalue weighted by Gasteiger charge is 2.15. The Balaban J connectivity index is 1.94. The van der Waals surface area contributed by atoms with Crippen molar-refractivity contribution in [1.29, 1.82) is 0 Å². The maximum absolute atomic E-state index is 13.5. The Labute approximate surface area is 123 Å². The molecule has 2 N–H and O–H groups in total. The molecule has 0 aliphatic carbocycles. The summed E-state index contributed by atoms with van der Waals surface area (Å²) in [6.07, 6.45) is 2.30. The van der Waals surface area contributed by atoms with E-state index in [4.69, 9.17) is 4.74 Å². The monoisotopic (exact) mass is 297 g/mol. The highest BCUT2D eigenvalue weighted by atomic mass is 19.1. The maximum atomic E-state index is 13.5. The SMILES string of the molecule is CCNC(=NCc1cc(F)ccc1F)NCC1CCCO1. The molecular weight excluding hydrogens is 276 g/mol. The van der Waals surface area contributed by atoms with E-state index in [1.807, 2.05) is 6.92 Å². The second-order valence-electron chi connectivity index (χ2n) is 4.95. The first-order valence-electron chi connectivity index (χ1n) is 7.26. The summed E-state index contributed by atoms with van der Waals surface area (Å²) in [5.41, 5.74) is 0.240. The third-order valence-corrected chi connectivity index (χ3v) is 3.28. The molecule has 0 radical (unpaired) electrons. The number of ether oxygens (including phenoxy) is 1. The fourth-order valence-electron chi connectivity index (χ4n) is 2.19. The Hall–Kier alpha value is -1.69. The lowest BCUT2D eigenvalue weighted by Crippen LogP contribution is -2.41. The van der Waals surface area contributed by atoms with Crippen LogP contribution in [0.5, 0.6) is 0 Å². The first-order valence-corrected chi connectivity index (χ1v) is 7.26. The molecule has 21 heavy (non-hydrogen) atoms. The zero-order chi connectivity index (χ0) is 15.1. The summed E-state index contributed by atoms with van der Waals surface area (Å²) in [5.74, 6) is -0.328. The van der Waals surface area contributed by atoms with Crippen LogP contribution in [-0.4, -0.2) is 31.8 Å². The summed E-state index contributed by atoms with van der Waals surface area (Å²) in [4.78, 5) is 4.28. The van der Waals surface area contributed by atoms with Gasteiger partial charge in [0.05, 0.1) is 12.6 Å². The maximum Gasteiger partial charge on any atom is 0.191 e. The summed E-state index contributed by atoms with van der Waals surface area (Å²) in [6, 6.07) is 3.39. The lowest BCUT2D eigenvalue weighted by molar-refractivity contribution is 0.114. The van der Waals surface area contributed by atoms with Crippen LogP contribution in [0.4, 0.5) is 8.78 Å². The van der Waals surface area contributed by atoms with Crippen molar-refractivity contribution < 1.29 is 13.5 Å². The van der Waals surface area contributed by atoms with Crippen LogP contribution in [0.2, 0.25) is 0 Å². The van der Waals surface area contributed by atoms with Crippen molar-refractivity contribution in [2.75, 3.05) is 19.7 Å². The Bertz CT molecular complexity index is 488. The molecule has 1 aliphatic rings. The van der Waals surface area contributed by atoms with Crippen molar-refractivity contribution in [3.05, 3.63) is 35.4 Å². The van der Waals surface area contributed by atoms with Gasteiger partial charge >= 0.3 is 0 Å². The molecule has 1 saturated heterocycles. The smallest absolute Gasteiger partial charge is 0.191 e. The molecule has 0 amide bonds. The largest absolute Gasteiger partial charge is 0.376 e. The van der Waals surface area contributed by atoms with Gasteiger partial charge in [0.2, 0.25) is 0 Å². The molecule has 1 aromatic rings. The fourth-order valence-corrected chi connectivity index (χ4v) is 2.19. The van der Waals surface area contributed by atoms with Gasteiger partial charge in [-0.1, -0.05) is 0 Å². The van der Waals surface area contributed by atoms with Crippen LogP contribution in [0.3, 0.4) is 0 Å². The number of rotatable bonds is 5. The first kappa shape index (κ1) is 15.7. The van der Waals surface area contributed by atoms with Gasteiger partial charge in [0.1, 0.15) is 11.6 Å². The molecular formula is C15H21F2N3O. The molecule has 2 rings (SSSR count). The molecule has 1 unspecified atom stereocenters. The Morgan fingerprint density at radius 3 is 2.95 bits per heavy atom. The molecule has 0 spiro atoms. The average Bonchev–Trinajstić information content (AvgIpc) is 2.98. The van der Waals surface area contributed by atoms with E-state index >= 15 is 0 Å². The van der Waals surface area contributed by atoms with Crippen LogP contribution in [0.25, 0.3) is 0 Å². The minimum atomic E-state index is -0.459. The number of nitrogens with one attached hydrogen (secondary N) is 2. The highest BCUT2D eigenvalue weighted by Crippen LogP contribution is 2.11. The van der Waals surface area contributed by atoms with Crippen LogP contribution >= 0.6 is 0 Å². The molecule has 1 aliphatic heterocycles. The zero-order valence-electron chi connectivity index (χ0n) is 12.2. The third kappa shape index (κ3) is 4.97. The normalized spacial score (nSPS) is 18.8. The van der Waals surface area contributed by atoms with Crippen molar-refractivity contribution in [3.8, 4) is 0 Å². The lowest BCUT2D eigenvalue weighted by atomic mass is 10.2. The van der Waals surface area contributed by atoms with Gasteiger partial charge in [-0.3, -0.25) is 0 Å². The van der Waals surface area contributed by atoms with Crippen molar-refractivity contribution in [1.82, 2.24) is 10.6 Å². The van der Waals surface area contributed by atoms with Crippen LogP contribution in [0, 0.1) is 11.6 Å². The fraction of sp³-hybridized carbons (Fsp3) is 0.533. The molecule has 1 atom stereocenters. The minimum absolute atomic E-state index is 0.0877. The van der Waals surface area contributed by atoms with E-state index in [1.165, 1.54) is 6.07 Å². The predicted octanol–water partition coefficient (Wildman–Crippen LogP) is 2.20. The van der Waals surface area contributed by atoms with E-state index in [2.05, 4.69) is 15.6 Å². The third-order valence-electron chi connectivity index (χ3n) is 3.28. The van der Waals surface area contributed by atoms with Crippen molar-refractivity contribution in [2.24, 2.45) is 4.99 Å². The molecule has 1 fully saturated rings. The second kappa shape index (κ2) is 7.93. The Morgan fingerprint density at radius 1 is 1.38 bits per heavy atom. The standard InChI is InChI=1S/C15H21F2N3O/c1-2-18-15(20-10-13-4-3-7-21-13)19-9-11-8-12(16)5-6-14(11)17/h5-6,8,13H,2-4,7,9-10H2,1H3,(H2,18,19,20). The van der Waals surface area contributed by atoms with E-state index in [0.29, 0.717) is 19.0 Å². The van der Waals surface area contributed by atoms with Crippen LogP contribution < -0.4 is 10.6 Å². The average molecular weight is 297 g/mol. The van der Waals surface area contributed by atoms with Gasteiger partial charge in [0, 0.05) is 25.3 Å². The number of hydrogen-bond donors (Lipinski definition) is 2. The van der Waals surface area contributed by atoms with Gasteiger partial charge in [-0.15, -0.1) is 0 Å². The van der Waals surface area contributed by atoms with E-state index in [1.54, 1.807) is 0 Å². The number of hydrogen-bond acceptors (Lipinski definition) is 2. The molecule has 1 aromatic carbocycles. The zero-order valence-corrected chi connectivity index (χ0v) is 12.2. The predicted molar refractivity (Wildman–Crippen MR) is 78.2 cm³/mol. The first-order chi connectivity index (χ1) is 10.2. The summed E-state index contributed by atoms with van der Waals surface area (Å²) in [6.45, 7) is 4.20. The van der Waals surface area contributed by atoms with Gasteiger partial charge in [-0.05, 0) is 38.0 Å². The van der Waals surface area contributed by atoms with E-state index in [0.717, 1.165) is 31.6 Å². The van der Waals surface area contributed by atoms with Gasteiger partial charge in [-0.2, -0.15) is 0 Å². The van der Waals surface area contributed by atoms with Crippen molar-refractivity contribution in [2.45, 2.75) is 32.4 Å². The lowest BCUT2D eigenvalue weighted by Gasteiger charge is -2.14. The van der Waals surface area contributed by atoms with Gasteiger partial charge in [-0.25, -0.2) is 13.8 Å². The molecule has 1 heterocycles. The molecule has 0 aromatic heterocycles. The number of nitrogens with zero attached hydrogens (tertiary/aromatic N) is 1. The Morgan fingerprint density at radius 2 is 2.24 bits per heavy atom. The number of halogens is 2. The van der Waals surface area contributed by atoms with E-state index < -0.39 is 11.6 Å². The molecule has 0 saturated carbocycles. The quantitative estimate of drug-likeness (QED) is 0.647. The summed E-state index contributed by atoms with van der Waals surface area (Å²) in [5, 5.41) is 6.24. The second-order valence-corrected chi connectivity index (χ2v) is 4.95. The molecule has 6 heteroatoms. The summed E-state index contributed by atoms with van der Waals surface area (Å²) >= 11 is 0. The molecule has 0 bridgehead atoms.